The molecule has 0 spiro atoms. The molecule has 118 valence electrons. The van der Waals surface area contributed by atoms with Crippen LogP contribution in [0.1, 0.15) is 16.3 Å². The molecule has 0 aliphatic heterocycles. The largest absolute Gasteiger partial charge is 0.487 e. The summed E-state index contributed by atoms with van der Waals surface area (Å²) in [7, 11) is 0. The molecule has 0 aliphatic rings. The average molecular weight is 332 g/mol. The van der Waals surface area contributed by atoms with E-state index in [0.717, 1.165) is 33.8 Å². The molecule has 4 heteroatoms. The van der Waals surface area contributed by atoms with Crippen molar-refractivity contribution >= 4 is 22.2 Å². The first kappa shape index (κ1) is 14.8. The molecule has 0 radical (unpaired) electrons. The average Bonchev–Trinajstić information content (AvgIpc) is 3.08. The molecular weight excluding hydrogens is 316 g/mol. The first-order valence-corrected chi connectivity index (χ1v) is 8.69. The first-order chi connectivity index (χ1) is 11.9. The van der Waals surface area contributed by atoms with Crippen LogP contribution in [0.3, 0.4) is 0 Å². The summed E-state index contributed by atoms with van der Waals surface area (Å²) >= 11 is 1.68. The second-order valence-corrected chi connectivity index (χ2v) is 6.48. The molecule has 0 fully saturated rings. The van der Waals surface area contributed by atoms with Gasteiger partial charge in [0.1, 0.15) is 12.4 Å². The van der Waals surface area contributed by atoms with E-state index in [1.165, 1.54) is 5.56 Å². The summed E-state index contributed by atoms with van der Waals surface area (Å²) in [5.74, 6) is 0.841. The second kappa shape index (κ2) is 6.81. The van der Waals surface area contributed by atoms with Crippen LogP contribution in [0, 0.1) is 0 Å². The van der Waals surface area contributed by atoms with E-state index in [9.17, 15) is 0 Å². The van der Waals surface area contributed by atoms with Gasteiger partial charge in [0, 0.05) is 23.4 Å². The van der Waals surface area contributed by atoms with E-state index in [4.69, 9.17) is 4.74 Å². The molecular formula is C20H16N2OS. The molecule has 0 aliphatic carbocycles. The number of ether oxygens (including phenoxy) is 1. The van der Waals surface area contributed by atoms with E-state index < -0.39 is 0 Å². The zero-order chi connectivity index (χ0) is 16.2. The van der Waals surface area contributed by atoms with E-state index in [1.54, 1.807) is 17.5 Å². The zero-order valence-corrected chi connectivity index (χ0v) is 13.9. The molecule has 2 aromatic heterocycles. The molecule has 0 atom stereocenters. The molecule has 2 heterocycles. The third kappa shape index (κ3) is 3.44. The van der Waals surface area contributed by atoms with Gasteiger partial charge in [0.05, 0.1) is 16.2 Å². The Labute approximate surface area is 144 Å². The van der Waals surface area contributed by atoms with Crippen molar-refractivity contribution in [2.75, 3.05) is 0 Å². The van der Waals surface area contributed by atoms with Gasteiger partial charge >= 0.3 is 0 Å². The van der Waals surface area contributed by atoms with Crippen molar-refractivity contribution in [2.24, 2.45) is 0 Å². The summed E-state index contributed by atoms with van der Waals surface area (Å²) in [6.45, 7) is 0.483. The minimum absolute atomic E-state index is 0.483. The SMILES string of the molecule is c1ccc(Cc2nc(COc3ccc4ncccc4c3)cs2)cc1. The predicted octanol–water partition coefficient (Wildman–Crippen LogP) is 4.86. The van der Waals surface area contributed by atoms with Crippen molar-refractivity contribution in [1.29, 1.82) is 0 Å². The van der Waals surface area contributed by atoms with Crippen LogP contribution in [-0.2, 0) is 13.0 Å². The Morgan fingerprint density at radius 1 is 0.958 bits per heavy atom. The summed E-state index contributed by atoms with van der Waals surface area (Å²) in [6, 6.07) is 20.3. The van der Waals surface area contributed by atoms with Gasteiger partial charge in [-0.05, 0) is 29.8 Å². The van der Waals surface area contributed by atoms with Crippen molar-refractivity contribution < 1.29 is 4.74 Å². The zero-order valence-electron chi connectivity index (χ0n) is 13.1. The highest BCUT2D eigenvalue weighted by Gasteiger charge is 2.05. The summed E-state index contributed by atoms with van der Waals surface area (Å²) in [5, 5.41) is 4.27. The minimum Gasteiger partial charge on any atom is -0.487 e. The monoisotopic (exact) mass is 332 g/mol. The fourth-order valence-electron chi connectivity index (χ4n) is 2.57. The van der Waals surface area contributed by atoms with Crippen LogP contribution in [0.15, 0.2) is 72.2 Å². The number of rotatable bonds is 5. The molecule has 0 bridgehead atoms. The van der Waals surface area contributed by atoms with Crippen molar-refractivity contribution in [2.45, 2.75) is 13.0 Å². The third-order valence-corrected chi connectivity index (χ3v) is 4.66. The van der Waals surface area contributed by atoms with Gasteiger partial charge in [-0.1, -0.05) is 36.4 Å². The number of aromatic nitrogens is 2. The quantitative estimate of drug-likeness (QED) is 0.523. The van der Waals surface area contributed by atoms with Gasteiger partial charge in [-0.15, -0.1) is 11.3 Å². The number of pyridine rings is 1. The normalized spacial score (nSPS) is 10.8. The van der Waals surface area contributed by atoms with E-state index >= 15 is 0 Å². The highest BCUT2D eigenvalue weighted by atomic mass is 32.1. The lowest BCUT2D eigenvalue weighted by molar-refractivity contribution is 0.302. The maximum Gasteiger partial charge on any atom is 0.131 e. The Balaban J connectivity index is 1.42. The van der Waals surface area contributed by atoms with Crippen LogP contribution < -0.4 is 4.74 Å². The Kier molecular flexibility index (Phi) is 4.21. The Morgan fingerprint density at radius 2 is 1.88 bits per heavy atom. The third-order valence-electron chi connectivity index (χ3n) is 3.76. The van der Waals surface area contributed by atoms with E-state index in [0.29, 0.717) is 6.61 Å². The number of hydrogen-bond acceptors (Lipinski definition) is 4. The topological polar surface area (TPSA) is 35.0 Å². The van der Waals surface area contributed by atoms with Crippen molar-refractivity contribution in [3.63, 3.8) is 0 Å². The van der Waals surface area contributed by atoms with Gasteiger partial charge in [0.25, 0.3) is 0 Å². The van der Waals surface area contributed by atoms with Crippen LogP contribution in [-0.4, -0.2) is 9.97 Å². The lowest BCUT2D eigenvalue weighted by Crippen LogP contribution is -1.96. The summed E-state index contributed by atoms with van der Waals surface area (Å²) in [4.78, 5) is 8.98. The number of thiazole rings is 1. The van der Waals surface area contributed by atoms with Crippen LogP contribution in [0.4, 0.5) is 0 Å². The molecule has 4 aromatic rings. The van der Waals surface area contributed by atoms with Crippen LogP contribution >= 0.6 is 11.3 Å². The standard InChI is InChI=1S/C20H16N2OS/c1-2-5-15(6-3-1)11-20-22-17(14-24-20)13-23-18-8-9-19-16(12-18)7-4-10-21-19/h1-10,12,14H,11,13H2. The fraction of sp³-hybridized carbons (Fsp3) is 0.100. The van der Waals surface area contributed by atoms with Crippen molar-refractivity contribution in [3.8, 4) is 5.75 Å². The molecule has 2 aromatic carbocycles. The maximum absolute atomic E-state index is 5.88. The molecule has 0 saturated heterocycles. The highest BCUT2D eigenvalue weighted by molar-refractivity contribution is 7.09. The Hall–Kier alpha value is -2.72. The number of hydrogen-bond donors (Lipinski definition) is 0. The van der Waals surface area contributed by atoms with Crippen LogP contribution in [0.25, 0.3) is 10.9 Å². The molecule has 0 saturated carbocycles. The number of benzene rings is 2. The van der Waals surface area contributed by atoms with Crippen LogP contribution in [0.5, 0.6) is 5.75 Å². The molecule has 4 rings (SSSR count). The van der Waals surface area contributed by atoms with Gasteiger partial charge < -0.3 is 4.74 Å². The molecule has 0 amide bonds. The summed E-state index contributed by atoms with van der Waals surface area (Å²) < 4.78 is 5.88. The fourth-order valence-corrected chi connectivity index (χ4v) is 3.38. The highest BCUT2D eigenvalue weighted by Crippen LogP contribution is 2.21. The molecule has 3 nitrogen and oxygen atoms in total. The maximum atomic E-state index is 5.88. The number of fused-ring (bicyclic) bond motifs is 1. The second-order valence-electron chi connectivity index (χ2n) is 5.54. The minimum atomic E-state index is 0.483. The first-order valence-electron chi connectivity index (χ1n) is 7.82. The van der Waals surface area contributed by atoms with Gasteiger partial charge in [-0.2, -0.15) is 0 Å². The Bertz CT molecular complexity index is 950. The van der Waals surface area contributed by atoms with Gasteiger partial charge in [0.2, 0.25) is 0 Å². The Morgan fingerprint density at radius 3 is 2.79 bits per heavy atom. The lowest BCUT2D eigenvalue weighted by Gasteiger charge is -2.05. The summed E-state index contributed by atoms with van der Waals surface area (Å²) in [6.07, 6.45) is 2.67. The van der Waals surface area contributed by atoms with E-state index in [2.05, 4.69) is 39.6 Å². The van der Waals surface area contributed by atoms with Crippen molar-refractivity contribution in [1.82, 2.24) is 9.97 Å². The smallest absolute Gasteiger partial charge is 0.131 e. The van der Waals surface area contributed by atoms with Crippen molar-refractivity contribution in [3.05, 3.63) is 88.5 Å². The van der Waals surface area contributed by atoms with Crippen LogP contribution in [0.2, 0.25) is 0 Å². The van der Waals surface area contributed by atoms with Gasteiger partial charge in [-0.3, -0.25) is 4.98 Å². The predicted molar refractivity (Wildman–Crippen MR) is 97.4 cm³/mol. The molecule has 0 N–H and O–H groups in total. The lowest BCUT2D eigenvalue weighted by atomic mass is 10.2. The van der Waals surface area contributed by atoms with Gasteiger partial charge in [0.15, 0.2) is 0 Å². The van der Waals surface area contributed by atoms with E-state index in [-0.39, 0.29) is 0 Å². The number of nitrogens with zero attached hydrogens (tertiary/aromatic N) is 2. The molecule has 24 heavy (non-hydrogen) atoms. The van der Waals surface area contributed by atoms with Gasteiger partial charge in [-0.25, -0.2) is 4.98 Å². The summed E-state index contributed by atoms with van der Waals surface area (Å²) in [5.41, 5.74) is 3.22. The molecule has 0 unspecified atom stereocenters. The van der Waals surface area contributed by atoms with E-state index in [1.807, 2.05) is 36.4 Å².